The molecule has 0 aliphatic rings. The van der Waals surface area contributed by atoms with E-state index in [0.29, 0.717) is 4.47 Å². The zero-order chi connectivity index (χ0) is 15.6. The lowest BCUT2D eigenvalue weighted by atomic mass is 10.3. The Hall–Kier alpha value is -2.75. The molecule has 1 aromatic carbocycles. The molecule has 2 rings (SSSR count). The summed E-state index contributed by atoms with van der Waals surface area (Å²) in [7, 11) is 0. The molecule has 0 aliphatic carbocycles. The van der Waals surface area contributed by atoms with Crippen LogP contribution in [-0.2, 0) is 0 Å². The van der Waals surface area contributed by atoms with E-state index in [1.165, 1.54) is 24.3 Å². The summed E-state index contributed by atoms with van der Waals surface area (Å²) in [6, 6.07) is 6.34. The zero-order valence-electron chi connectivity index (χ0n) is 10.2. The van der Waals surface area contributed by atoms with Crippen molar-refractivity contribution in [3.63, 3.8) is 0 Å². The fourth-order valence-corrected chi connectivity index (χ4v) is 1.78. The van der Waals surface area contributed by atoms with E-state index in [1.807, 2.05) is 0 Å². The van der Waals surface area contributed by atoms with Crippen LogP contribution in [0.15, 0.2) is 34.8 Å². The fraction of sp³-hybridized carbons (Fsp3) is 0. The largest absolute Gasteiger partial charge is 0.438 e. The Kier molecular flexibility index (Phi) is 3.98. The number of anilines is 1. The van der Waals surface area contributed by atoms with Gasteiger partial charge in [0.1, 0.15) is 0 Å². The number of aromatic nitrogens is 1. The van der Waals surface area contributed by atoms with E-state index in [0.717, 1.165) is 6.07 Å². The summed E-state index contributed by atoms with van der Waals surface area (Å²) in [5, 5.41) is 21.3. The lowest BCUT2D eigenvalue weighted by Crippen LogP contribution is -2.00. The van der Waals surface area contributed by atoms with Gasteiger partial charge in [-0.25, -0.2) is 0 Å². The number of halogens is 1. The molecule has 10 heteroatoms. The minimum absolute atomic E-state index is 0.0145. The van der Waals surface area contributed by atoms with Gasteiger partial charge in [-0.3, -0.25) is 20.2 Å². The van der Waals surface area contributed by atoms with Gasteiger partial charge >= 0.3 is 5.69 Å². The third-order valence-electron chi connectivity index (χ3n) is 2.41. The number of rotatable bonds is 4. The minimum atomic E-state index is -0.671. The van der Waals surface area contributed by atoms with E-state index < -0.39 is 9.85 Å². The Morgan fingerprint density at radius 2 is 1.86 bits per heavy atom. The van der Waals surface area contributed by atoms with Gasteiger partial charge in [0.15, 0.2) is 5.75 Å². The van der Waals surface area contributed by atoms with Gasteiger partial charge in [0.05, 0.1) is 20.4 Å². The first kappa shape index (κ1) is 14.7. The molecule has 1 aromatic heterocycles. The van der Waals surface area contributed by atoms with E-state index >= 15 is 0 Å². The van der Waals surface area contributed by atoms with Crippen LogP contribution in [-0.4, -0.2) is 14.8 Å². The predicted molar refractivity (Wildman–Crippen MR) is 76.2 cm³/mol. The van der Waals surface area contributed by atoms with Crippen molar-refractivity contribution in [2.45, 2.75) is 0 Å². The maximum absolute atomic E-state index is 10.7. The Labute approximate surface area is 125 Å². The second-order valence-corrected chi connectivity index (χ2v) is 4.64. The van der Waals surface area contributed by atoms with Gasteiger partial charge in [-0.1, -0.05) is 0 Å². The number of hydrogen-bond acceptors (Lipinski definition) is 7. The van der Waals surface area contributed by atoms with Crippen molar-refractivity contribution in [1.29, 1.82) is 0 Å². The first-order valence-corrected chi connectivity index (χ1v) is 6.20. The molecule has 9 nitrogen and oxygen atoms in total. The van der Waals surface area contributed by atoms with Crippen LogP contribution in [0.5, 0.6) is 11.6 Å². The van der Waals surface area contributed by atoms with Crippen LogP contribution in [0.4, 0.5) is 17.2 Å². The van der Waals surface area contributed by atoms with Crippen LogP contribution in [0.2, 0.25) is 0 Å². The summed E-state index contributed by atoms with van der Waals surface area (Å²) < 4.78 is 5.82. The van der Waals surface area contributed by atoms with E-state index in [4.69, 9.17) is 10.5 Å². The Balaban J connectivity index is 2.34. The van der Waals surface area contributed by atoms with Gasteiger partial charge in [0, 0.05) is 18.2 Å². The molecule has 0 amide bonds. The van der Waals surface area contributed by atoms with Gasteiger partial charge in [-0.2, -0.15) is 4.98 Å². The molecule has 0 atom stereocenters. The van der Waals surface area contributed by atoms with Gasteiger partial charge in [0.25, 0.3) is 5.69 Å². The summed E-state index contributed by atoms with van der Waals surface area (Å²) in [5.41, 5.74) is 4.93. The van der Waals surface area contributed by atoms with Crippen molar-refractivity contribution in [3.8, 4) is 11.6 Å². The number of nitrogen functional groups attached to an aromatic ring is 1. The molecule has 0 saturated heterocycles. The predicted octanol–water partition coefficient (Wildman–Crippen LogP) is 3.04. The third-order valence-corrected chi connectivity index (χ3v) is 3.07. The fourth-order valence-electron chi connectivity index (χ4n) is 1.46. The minimum Gasteiger partial charge on any atom is -0.438 e. The SMILES string of the molecule is Nc1nc(Oc2cc([N+](=O)[O-])ccc2Br)ccc1[N+](=O)[O-]. The molecule has 0 fully saturated rings. The van der Waals surface area contributed by atoms with E-state index in [1.54, 1.807) is 0 Å². The normalized spacial score (nSPS) is 10.1. The molecule has 2 aromatic rings. The Morgan fingerprint density at radius 1 is 1.14 bits per heavy atom. The summed E-state index contributed by atoms with van der Waals surface area (Å²) in [4.78, 5) is 23.8. The second kappa shape index (κ2) is 5.71. The van der Waals surface area contributed by atoms with Gasteiger partial charge in [0.2, 0.25) is 11.7 Å². The monoisotopic (exact) mass is 354 g/mol. The van der Waals surface area contributed by atoms with Crippen LogP contribution in [0.25, 0.3) is 0 Å². The highest BCUT2D eigenvalue weighted by Crippen LogP contribution is 2.33. The molecular weight excluding hydrogens is 348 g/mol. The summed E-state index contributed by atoms with van der Waals surface area (Å²) in [5.74, 6) is -0.177. The smallest absolute Gasteiger partial charge is 0.311 e. The first-order valence-electron chi connectivity index (χ1n) is 5.41. The molecule has 0 aliphatic heterocycles. The van der Waals surface area contributed by atoms with E-state index in [2.05, 4.69) is 20.9 Å². The van der Waals surface area contributed by atoms with Crippen LogP contribution in [0, 0.1) is 20.2 Å². The van der Waals surface area contributed by atoms with Gasteiger partial charge < -0.3 is 10.5 Å². The number of nitrogens with zero attached hydrogens (tertiary/aromatic N) is 3. The van der Waals surface area contributed by atoms with Gasteiger partial charge in [-0.15, -0.1) is 0 Å². The highest BCUT2D eigenvalue weighted by Gasteiger charge is 2.16. The third kappa shape index (κ3) is 3.23. The van der Waals surface area contributed by atoms with E-state index in [-0.39, 0.29) is 28.8 Å². The summed E-state index contributed by atoms with van der Waals surface area (Å²) >= 11 is 3.18. The average molecular weight is 355 g/mol. The molecule has 21 heavy (non-hydrogen) atoms. The lowest BCUT2D eigenvalue weighted by molar-refractivity contribution is -0.385. The number of hydrogen-bond donors (Lipinski definition) is 1. The number of benzene rings is 1. The number of ether oxygens (including phenoxy) is 1. The first-order chi connectivity index (χ1) is 9.88. The van der Waals surface area contributed by atoms with Crippen molar-refractivity contribution < 1.29 is 14.6 Å². The average Bonchev–Trinajstić information content (AvgIpc) is 2.40. The van der Waals surface area contributed by atoms with Crippen LogP contribution in [0.3, 0.4) is 0 Å². The standard InChI is InChI=1S/C11H7BrN4O5/c12-7-2-1-6(15(17)18)5-9(7)21-10-4-3-8(16(19)20)11(13)14-10/h1-5H,(H2,13,14). The second-order valence-electron chi connectivity index (χ2n) is 3.78. The van der Waals surface area contributed by atoms with Gasteiger partial charge in [-0.05, 0) is 22.0 Å². The van der Waals surface area contributed by atoms with Crippen LogP contribution < -0.4 is 10.5 Å². The van der Waals surface area contributed by atoms with Crippen molar-refractivity contribution in [3.05, 3.63) is 55.0 Å². The number of pyridine rings is 1. The van der Waals surface area contributed by atoms with Crippen molar-refractivity contribution in [2.24, 2.45) is 0 Å². The zero-order valence-corrected chi connectivity index (χ0v) is 11.8. The summed E-state index contributed by atoms with van der Waals surface area (Å²) in [6.45, 7) is 0. The molecule has 0 radical (unpaired) electrons. The Morgan fingerprint density at radius 3 is 2.43 bits per heavy atom. The molecule has 0 spiro atoms. The molecule has 1 heterocycles. The quantitative estimate of drug-likeness (QED) is 0.658. The van der Waals surface area contributed by atoms with Crippen molar-refractivity contribution >= 4 is 33.1 Å². The molecule has 0 saturated carbocycles. The highest BCUT2D eigenvalue weighted by atomic mass is 79.9. The highest BCUT2D eigenvalue weighted by molar-refractivity contribution is 9.10. The molecule has 0 bridgehead atoms. The van der Waals surface area contributed by atoms with Crippen molar-refractivity contribution in [2.75, 3.05) is 5.73 Å². The number of nitrogens with two attached hydrogens (primary N) is 1. The number of nitro groups is 2. The van der Waals surface area contributed by atoms with Crippen LogP contribution in [0.1, 0.15) is 0 Å². The summed E-state index contributed by atoms with van der Waals surface area (Å²) in [6.07, 6.45) is 0. The molecule has 2 N–H and O–H groups in total. The maximum Gasteiger partial charge on any atom is 0.311 e. The number of non-ortho nitro benzene ring substituents is 1. The van der Waals surface area contributed by atoms with E-state index in [9.17, 15) is 20.2 Å². The number of nitro benzene ring substituents is 1. The molecule has 108 valence electrons. The molecular formula is C11H7BrN4O5. The topological polar surface area (TPSA) is 134 Å². The lowest BCUT2D eigenvalue weighted by Gasteiger charge is -2.07. The van der Waals surface area contributed by atoms with Crippen molar-refractivity contribution in [1.82, 2.24) is 4.98 Å². The molecule has 0 unspecified atom stereocenters. The Bertz CT molecular complexity index is 737. The maximum atomic E-state index is 10.7. The van der Waals surface area contributed by atoms with Crippen LogP contribution >= 0.6 is 15.9 Å².